The zero-order valence-corrected chi connectivity index (χ0v) is 12.9. The molecule has 0 radical (unpaired) electrons. The summed E-state index contributed by atoms with van der Waals surface area (Å²) in [5.41, 5.74) is 0. The van der Waals surface area contributed by atoms with E-state index in [1.807, 2.05) is 24.3 Å². The van der Waals surface area contributed by atoms with Crippen LogP contribution in [-0.4, -0.2) is 29.2 Å². The molecule has 6 heteroatoms. The van der Waals surface area contributed by atoms with Gasteiger partial charge in [-0.25, -0.2) is 4.98 Å². The van der Waals surface area contributed by atoms with E-state index in [-0.39, 0.29) is 6.10 Å². The topological polar surface area (TPSA) is 38.2 Å². The highest BCUT2D eigenvalue weighted by Crippen LogP contribution is 2.27. The van der Waals surface area contributed by atoms with Gasteiger partial charge in [0.1, 0.15) is 22.8 Å². The number of nitrogens with zero attached hydrogens (tertiary/aromatic N) is 3. The van der Waals surface area contributed by atoms with E-state index in [0.717, 1.165) is 37.5 Å². The average molecular weight is 324 g/mol. The lowest BCUT2D eigenvalue weighted by molar-refractivity contribution is 0.171. The van der Waals surface area contributed by atoms with E-state index in [9.17, 15) is 0 Å². The van der Waals surface area contributed by atoms with Crippen molar-refractivity contribution >= 4 is 29.0 Å². The van der Waals surface area contributed by atoms with Crippen LogP contribution >= 0.6 is 23.2 Å². The first-order valence-electron chi connectivity index (χ1n) is 6.86. The maximum Gasteiger partial charge on any atom is 0.149 e. The molecule has 0 bridgehead atoms. The standard InChI is InChI=1S/C15H15Cl2N3O/c16-12-3-1-2-4-13(12)21-11-5-7-20(8-6-11)15-10-18-9-14(17)19-15/h1-4,9-11H,5-8H2. The molecule has 0 spiro atoms. The first kappa shape index (κ1) is 14.4. The summed E-state index contributed by atoms with van der Waals surface area (Å²) in [6.45, 7) is 1.73. The Kier molecular flexibility index (Phi) is 4.46. The summed E-state index contributed by atoms with van der Waals surface area (Å²) in [6.07, 6.45) is 5.28. The quantitative estimate of drug-likeness (QED) is 0.860. The van der Waals surface area contributed by atoms with Gasteiger partial charge in [0.25, 0.3) is 0 Å². The highest BCUT2D eigenvalue weighted by atomic mass is 35.5. The van der Waals surface area contributed by atoms with Crippen LogP contribution in [0.15, 0.2) is 36.7 Å². The summed E-state index contributed by atoms with van der Waals surface area (Å²) in [6, 6.07) is 7.57. The Morgan fingerprint density at radius 2 is 1.86 bits per heavy atom. The Hall–Kier alpha value is -1.52. The summed E-state index contributed by atoms with van der Waals surface area (Å²) in [7, 11) is 0. The highest BCUT2D eigenvalue weighted by molar-refractivity contribution is 6.32. The van der Waals surface area contributed by atoms with Crippen molar-refractivity contribution in [1.29, 1.82) is 0 Å². The van der Waals surface area contributed by atoms with Gasteiger partial charge in [0, 0.05) is 25.9 Å². The van der Waals surface area contributed by atoms with Crippen molar-refractivity contribution < 1.29 is 4.74 Å². The van der Waals surface area contributed by atoms with Crippen LogP contribution in [0.2, 0.25) is 10.2 Å². The molecular formula is C15H15Cl2N3O. The van der Waals surface area contributed by atoms with E-state index in [2.05, 4.69) is 14.9 Å². The van der Waals surface area contributed by atoms with Gasteiger partial charge in [-0.2, -0.15) is 0 Å². The number of rotatable bonds is 3. The van der Waals surface area contributed by atoms with Crippen molar-refractivity contribution in [3.05, 3.63) is 46.8 Å². The summed E-state index contributed by atoms with van der Waals surface area (Å²) in [4.78, 5) is 10.5. The smallest absolute Gasteiger partial charge is 0.149 e. The van der Waals surface area contributed by atoms with Crippen LogP contribution in [0.4, 0.5) is 5.82 Å². The maximum atomic E-state index is 6.12. The minimum Gasteiger partial charge on any atom is -0.489 e. The Balaban J connectivity index is 1.59. The number of halogens is 2. The Bertz CT molecular complexity index is 615. The lowest BCUT2D eigenvalue weighted by Gasteiger charge is -2.32. The lowest BCUT2D eigenvalue weighted by Crippen LogP contribution is -2.38. The molecule has 0 amide bonds. The molecule has 0 unspecified atom stereocenters. The molecule has 2 heterocycles. The lowest BCUT2D eigenvalue weighted by atomic mass is 10.1. The van der Waals surface area contributed by atoms with Crippen molar-refractivity contribution in [3.63, 3.8) is 0 Å². The minimum absolute atomic E-state index is 0.174. The largest absolute Gasteiger partial charge is 0.489 e. The fourth-order valence-corrected chi connectivity index (χ4v) is 2.73. The second-order valence-electron chi connectivity index (χ2n) is 4.93. The van der Waals surface area contributed by atoms with E-state index in [4.69, 9.17) is 27.9 Å². The molecule has 2 aromatic rings. The molecule has 1 aromatic carbocycles. The van der Waals surface area contributed by atoms with Gasteiger partial charge in [0.2, 0.25) is 0 Å². The zero-order valence-electron chi connectivity index (χ0n) is 11.4. The second kappa shape index (κ2) is 6.50. The first-order valence-corrected chi connectivity index (χ1v) is 7.61. The number of hydrogen-bond acceptors (Lipinski definition) is 4. The third kappa shape index (κ3) is 3.57. The number of aromatic nitrogens is 2. The molecule has 21 heavy (non-hydrogen) atoms. The molecule has 0 aliphatic carbocycles. The van der Waals surface area contributed by atoms with Crippen molar-refractivity contribution in [2.75, 3.05) is 18.0 Å². The van der Waals surface area contributed by atoms with Crippen LogP contribution in [0.25, 0.3) is 0 Å². The van der Waals surface area contributed by atoms with Crippen molar-refractivity contribution in [2.24, 2.45) is 0 Å². The number of benzene rings is 1. The monoisotopic (exact) mass is 323 g/mol. The number of ether oxygens (including phenoxy) is 1. The van der Waals surface area contributed by atoms with Crippen molar-refractivity contribution in [3.8, 4) is 5.75 Å². The van der Waals surface area contributed by atoms with Gasteiger partial charge >= 0.3 is 0 Å². The van der Waals surface area contributed by atoms with Crippen LogP contribution in [0.1, 0.15) is 12.8 Å². The van der Waals surface area contributed by atoms with Crippen LogP contribution < -0.4 is 9.64 Å². The summed E-state index contributed by atoms with van der Waals surface area (Å²) >= 11 is 12.0. The minimum atomic E-state index is 0.174. The molecule has 3 rings (SSSR count). The number of piperidine rings is 1. The van der Waals surface area contributed by atoms with Gasteiger partial charge < -0.3 is 9.64 Å². The van der Waals surface area contributed by atoms with Gasteiger partial charge in [-0.1, -0.05) is 35.3 Å². The van der Waals surface area contributed by atoms with Crippen LogP contribution in [0.3, 0.4) is 0 Å². The molecule has 1 fully saturated rings. The predicted octanol–water partition coefficient (Wildman–Crippen LogP) is 3.83. The molecule has 1 aromatic heterocycles. The second-order valence-corrected chi connectivity index (χ2v) is 5.73. The van der Waals surface area contributed by atoms with Crippen LogP contribution in [0.5, 0.6) is 5.75 Å². The predicted molar refractivity (Wildman–Crippen MR) is 84.4 cm³/mol. The molecule has 1 saturated heterocycles. The summed E-state index contributed by atoms with van der Waals surface area (Å²) in [5, 5.41) is 1.07. The maximum absolute atomic E-state index is 6.12. The Labute approximate surface area is 133 Å². The normalized spacial score (nSPS) is 16.0. The van der Waals surface area contributed by atoms with E-state index in [0.29, 0.717) is 10.2 Å². The Morgan fingerprint density at radius 3 is 2.57 bits per heavy atom. The molecule has 0 atom stereocenters. The van der Waals surface area contributed by atoms with E-state index in [1.165, 1.54) is 6.20 Å². The van der Waals surface area contributed by atoms with Crippen LogP contribution in [-0.2, 0) is 0 Å². The van der Waals surface area contributed by atoms with Gasteiger partial charge in [-0.05, 0) is 12.1 Å². The fourth-order valence-electron chi connectivity index (χ4n) is 2.41. The first-order chi connectivity index (χ1) is 10.2. The van der Waals surface area contributed by atoms with Gasteiger partial charge in [-0.15, -0.1) is 0 Å². The van der Waals surface area contributed by atoms with E-state index < -0.39 is 0 Å². The summed E-state index contributed by atoms with van der Waals surface area (Å²) < 4.78 is 5.97. The molecule has 1 aliphatic heterocycles. The van der Waals surface area contributed by atoms with Gasteiger partial charge in [0.15, 0.2) is 0 Å². The molecule has 110 valence electrons. The van der Waals surface area contributed by atoms with Crippen molar-refractivity contribution in [2.45, 2.75) is 18.9 Å². The molecule has 0 N–H and O–H groups in total. The van der Waals surface area contributed by atoms with Gasteiger partial charge in [-0.3, -0.25) is 4.98 Å². The molecule has 1 aliphatic rings. The van der Waals surface area contributed by atoms with Crippen LogP contribution in [0, 0.1) is 0 Å². The fraction of sp³-hybridized carbons (Fsp3) is 0.333. The van der Waals surface area contributed by atoms with E-state index in [1.54, 1.807) is 6.20 Å². The van der Waals surface area contributed by atoms with E-state index >= 15 is 0 Å². The Morgan fingerprint density at radius 1 is 1.10 bits per heavy atom. The third-order valence-corrected chi connectivity index (χ3v) is 3.98. The number of para-hydroxylation sites is 1. The van der Waals surface area contributed by atoms with Crippen molar-refractivity contribution in [1.82, 2.24) is 9.97 Å². The van der Waals surface area contributed by atoms with Gasteiger partial charge in [0.05, 0.1) is 17.4 Å². The molecule has 4 nitrogen and oxygen atoms in total. The summed E-state index contributed by atoms with van der Waals surface area (Å²) in [5.74, 6) is 1.57. The SMILES string of the molecule is Clc1cncc(N2CCC(Oc3ccccc3Cl)CC2)n1. The third-order valence-electron chi connectivity index (χ3n) is 3.49. The number of hydrogen-bond donors (Lipinski definition) is 0. The molecular weight excluding hydrogens is 309 g/mol. The average Bonchev–Trinajstić information content (AvgIpc) is 2.50. The number of anilines is 1. The zero-order chi connectivity index (χ0) is 14.7. The highest BCUT2D eigenvalue weighted by Gasteiger charge is 2.22. The molecule has 0 saturated carbocycles.